The summed E-state index contributed by atoms with van der Waals surface area (Å²) in [7, 11) is 0. The highest BCUT2D eigenvalue weighted by molar-refractivity contribution is 6.09. The molecule has 0 saturated heterocycles. The smallest absolute Gasteiger partial charge is 0.135 e. The monoisotopic (exact) mass is 666 g/mol. The van der Waals surface area contributed by atoms with E-state index in [1.807, 2.05) is 12.1 Å². The summed E-state index contributed by atoms with van der Waals surface area (Å²) < 4.78 is 18.6. The molecular formula is C49H30O3. The Morgan fingerprint density at radius 3 is 1.29 bits per heavy atom. The molecule has 52 heavy (non-hydrogen) atoms. The maximum absolute atomic E-state index is 6.33. The van der Waals surface area contributed by atoms with Crippen molar-refractivity contribution < 1.29 is 13.3 Å². The molecule has 3 aromatic heterocycles. The van der Waals surface area contributed by atoms with Crippen molar-refractivity contribution in [3.63, 3.8) is 0 Å². The van der Waals surface area contributed by atoms with E-state index in [0.717, 1.165) is 94.8 Å². The molecule has 3 nitrogen and oxygen atoms in total. The standard InChI is InChI=1S/C49H30O3/c1-2-12-38-40-26-34(16-20-46(40)50-44(38)14-3-1)32-10-6-8-30(24-32)31-9-7-11-33(25-31)35-17-22-48-42(28-35)43-29-37(19-23-49(43)52-48)36-18-21-47-41(27-36)39-13-4-5-15-45(39)51-47/h2-29H,1H2. The number of para-hydroxylation sites is 1. The lowest BCUT2D eigenvalue weighted by Crippen LogP contribution is -1.84. The molecule has 0 radical (unpaired) electrons. The average molecular weight is 667 g/mol. The molecular weight excluding hydrogens is 637 g/mol. The van der Waals surface area contributed by atoms with E-state index in [9.17, 15) is 0 Å². The van der Waals surface area contributed by atoms with Gasteiger partial charge in [0.25, 0.3) is 0 Å². The molecule has 0 atom stereocenters. The van der Waals surface area contributed by atoms with Crippen LogP contribution in [0.15, 0.2) is 171 Å². The number of allylic oxidation sites excluding steroid dienone is 2. The van der Waals surface area contributed by atoms with Gasteiger partial charge in [0.1, 0.15) is 33.7 Å². The van der Waals surface area contributed by atoms with Gasteiger partial charge < -0.3 is 13.3 Å². The van der Waals surface area contributed by atoms with Crippen LogP contribution in [0.3, 0.4) is 0 Å². The Kier molecular flexibility index (Phi) is 6.31. The maximum atomic E-state index is 6.33. The van der Waals surface area contributed by atoms with E-state index in [0.29, 0.717) is 0 Å². The summed E-state index contributed by atoms with van der Waals surface area (Å²) in [6.45, 7) is 0. The Labute approximate surface area is 299 Å². The Balaban J connectivity index is 0.952. The van der Waals surface area contributed by atoms with Gasteiger partial charge >= 0.3 is 0 Å². The van der Waals surface area contributed by atoms with Crippen molar-refractivity contribution in [2.75, 3.05) is 0 Å². The van der Waals surface area contributed by atoms with Crippen molar-refractivity contribution in [3.05, 3.63) is 169 Å². The van der Waals surface area contributed by atoms with Gasteiger partial charge in [-0.2, -0.15) is 0 Å². The van der Waals surface area contributed by atoms with Crippen molar-refractivity contribution in [2.24, 2.45) is 0 Å². The number of benzene rings is 7. The third-order valence-corrected chi connectivity index (χ3v) is 10.5. The van der Waals surface area contributed by atoms with Gasteiger partial charge in [-0.1, -0.05) is 97.1 Å². The number of fused-ring (bicyclic) bond motifs is 9. The fourth-order valence-electron chi connectivity index (χ4n) is 7.85. The molecule has 0 N–H and O–H groups in total. The Hall–Kier alpha value is -6.84. The average Bonchev–Trinajstić information content (AvgIpc) is 3.81. The molecule has 3 heteroatoms. The topological polar surface area (TPSA) is 39.4 Å². The van der Waals surface area contributed by atoms with Crippen LogP contribution in [0, 0.1) is 0 Å². The van der Waals surface area contributed by atoms with Crippen molar-refractivity contribution in [2.45, 2.75) is 6.42 Å². The second-order valence-corrected chi connectivity index (χ2v) is 13.6. The number of furan rings is 3. The Morgan fingerprint density at radius 2 is 0.731 bits per heavy atom. The SMILES string of the molecule is C1=Cc2oc3ccc(-c4cccc(-c5cccc(-c6ccc7oc8ccc(-c9ccc%10oc%11ccccc%11c%10c9)cc8c7c6)c5)c4)cc3c2C=CC1. The molecule has 0 fully saturated rings. The van der Waals surface area contributed by atoms with Crippen LogP contribution in [-0.2, 0) is 0 Å². The molecule has 11 rings (SSSR count). The largest absolute Gasteiger partial charge is 0.456 e. The zero-order chi connectivity index (χ0) is 34.2. The summed E-state index contributed by atoms with van der Waals surface area (Å²) in [6, 6.07) is 51.8. The van der Waals surface area contributed by atoms with Crippen LogP contribution in [0.1, 0.15) is 17.7 Å². The molecule has 0 bridgehead atoms. The fourth-order valence-corrected chi connectivity index (χ4v) is 7.85. The predicted octanol–water partition coefficient (Wildman–Crippen LogP) is 14.3. The van der Waals surface area contributed by atoms with Crippen molar-refractivity contribution in [1.82, 2.24) is 0 Å². The summed E-state index contributed by atoms with van der Waals surface area (Å²) in [5.41, 5.74) is 14.9. The predicted molar refractivity (Wildman–Crippen MR) is 215 cm³/mol. The van der Waals surface area contributed by atoms with Gasteiger partial charge in [-0.15, -0.1) is 0 Å². The van der Waals surface area contributed by atoms with Crippen LogP contribution in [0.5, 0.6) is 0 Å². The van der Waals surface area contributed by atoms with E-state index in [1.54, 1.807) is 0 Å². The first-order valence-electron chi connectivity index (χ1n) is 17.7. The number of rotatable bonds is 4. The van der Waals surface area contributed by atoms with E-state index in [1.165, 1.54) is 22.3 Å². The minimum Gasteiger partial charge on any atom is -0.456 e. The first-order valence-corrected chi connectivity index (χ1v) is 17.7. The van der Waals surface area contributed by atoms with Crippen molar-refractivity contribution in [3.8, 4) is 44.5 Å². The van der Waals surface area contributed by atoms with Crippen LogP contribution in [0.25, 0.3) is 112 Å². The van der Waals surface area contributed by atoms with Crippen LogP contribution in [-0.4, -0.2) is 0 Å². The molecule has 10 aromatic rings. The lowest BCUT2D eigenvalue weighted by Gasteiger charge is -2.09. The van der Waals surface area contributed by atoms with Crippen LogP contribution >= 0.6 is 0 Å². The van der Waals surface area contributed by atoms with Gasteiger partial charge in [-0.05, 0) is 124 Å². The summed E-state index contributed by atoms with van der Waals surface area (Å²) in [5.74, 6) is 0.926. The summed E-state index contributed by atoms with van der Waals surface area (Å²) in [4.78, 5) is 0. The fraction of sp³-hybridized carbons (Fsp3) is 0.0204. The maximum Gasteiger partial charge on any atom is 0.135 e. The zero-order valence-electron chi connectivity index (χ0n) is 28.1. The minimum atomic E-state index is 0.883. The van der Waals surface area contributed by atoms with E-state index >= 15 is 0 Å². The minimum absolute atomic E-state index is 0.883. The van der Waals surface area contributed by atoms with Crippen LogP contribution < -0.4 is 0 Å². The summed E-state index contributed by atoms with van der Waals surface area (Å²) in [5, 5.41) is 5.61. The van der Waals surface area contributed by atoms with Gasteiger partial charge in [0.05, 0.1) is 0 Å². The lowest BCUT2D eigenvalue weighted by atomic mass is 9.95. The van der Waals surface area contributed by atoms with Gasteiger partial charge in [-0.25, -0.2) is 0 Å². The molecule has 244 valence electrons. The molecule has 0 unspecified atom stereocenters. The molecule has 1 aliphatic carbocycles. The molecule has 0 aliphatic heterocycles. The second kappa shape index (κ2) is 11.3. The van der Waals surface area contributed by atoms with E-state index in [-0.39, 0.29) is 0 Å². The first kappa shape index (κ1) is 28.9. The highest BCUT2D eigenvalue weighted by Gasteiger charge is 2.15. The third kappa shape index (κ3) is 4.67. The lowest BCUT2D eigenvalue weighted by molar-refractivity contribution is 0.603. The molecule has 0 spiro atoms. The molecule has 3 heterocycles. The van der Waals surface area contributed by atoms with Crippen LogP contribution in [0.4, 0.5) is 0 Å². The summed E-state index contributed by atoms with van der Waals surface area (Å²) in [6.07, 6.45) is 9.50. The Bertz CT molecular complexity index is 3110. The van der Waals surface area contributed by atoms with Gasteiger partial charge in [0.15, 0.2) is 0 Å². The van der Waals surface area contributed by atoms with E-state index in [2.05, 4.69) is 158 Å². The number of hydrogen-bond acceptors (Lipinski definition) is 3. The van der Waals surface area contributed by atoms with Gasteiger partial charge in [0, 0.05) is 32.5 Å². The molecule has 0 amide bonds. The van der Waals surface area contributed by atoms with Gasteiger partial charge in [-0.3, -0.25) is 0 Å². The second-order valence-electron chi connectivity index (χ2n) is 13.6. The zero-order valence-corrected chi connectivity index (χ0v) is 28.1. The first-order chi connectivity index (χ1) is 25.7. The van der Waals surface area contributed by atoms with E-state index < -0.39 is 0 Å². The molecule has 0 saturated carbocycles. The quantitative estimate of drug-likeness (QED) is 0.188. The van der Waals surface area contributed by atoms with Crippen molar-refractivity contribution >= 4 is 67.0 Å². The van der Waals surface area contributed by atoms with E-state index in [4.69, 9.17) is 13.3 Å². The summed E-state index contributed by atoms with van der Waals surface area (Å²) >= 11 is 0. The normalized spacial score (nSPS) is 12.8. The highest BCUT2D eigenvalue weighted by Crippen LogP contribution is 2.39. The highest BCUT2D eigenvalue weighted by atomic mass is 16.3. The molecule has 7 aromatic carbocycles. The van der Waals surface area contributed by atoms with Crippen LogP contribution in [0.2, 0.25) is 0 Å². The van der Waals surface area contributed by atoms with Gasteiger partial charge in [0.2, 0.25) is 0 Å². The Morgan fingerprint density at radius 1 is 0.308 bits per heavy atom. The number of hydrogen-bond donors (Lipinski definition) is 0. The third-order valence-electron chi connectivity index (χ3n) is 10.5. The molecule has 1 aliphatic rings. The van der Waals surface area contributed by atoms with Crippen molar-refractivity contribution in [1.29, 1.82) is 0 Å².